The fourth-order valence-corrected chi connectivity index (χ4v) is 1.81. The van der Waals surface area contributed by atoms with E-state index in [4.69, 9.17) is 10.00 Å². The maximum Gasteiger partial charge on any atom is 0.168 e. The predicted molar refractivity (Wildman–Crippen MR) is 81.0 cm³/mol. The molecule has 0 aliphatic heterocycles. The molecule has 5 heteroatoms. The highest BCUT2D eigenvalue weighted by Crippen LogP contribution is 2.14. The Morgan fingerprint density at radius 1 is 1.24 bits per heavy atom. The number of rotatable bonds is 6. The van der Waals surface area contributed by atoms with Crippen molar-refractivity contribution in [2.45, 2.75) is 26.9 Å². The van der Waals surface area contributed by atoms with E-state index >= 15 is 0 Å². The Bertz CT molecular complexity index is 632. The lowest BCUT2D eigenvalue weighted by Crippen LogP contribution is -2.08. The first kappa shape index (κ1) is 14.8. The second kappa shape index (κ2) is 7.25. The van der Waals surface area contributed by atoms with E-state index in [-0.39, 0.29) is 0 Å². The molecule has 1 aromatic heterocycles. The highest BCUT2D eigenvalue weighted by molar-refractivity contribution is 5.36. The number of nitrogens with zero attached hydrogens (tertiary/aromatic N) is 3. The summed E-state index contributed by atoms with van der Waals surface area (Å²) in [5, 5.41) is 12.0. The van der Waals surface area contributed by atoms with Crippen LogP contribution < -0.4 is 10.1 Å². The first-order valence-corrected chi connectivity index (χ1v) is 6.92. The molecule has 0 saturated heterocycles. The molecule has 0 spiro atoms. The van der Waals surface area contributed by atoms with E-state index in [9.17, 15) is 0 Å². The van der Waals surface area contributed by atoms with Crippen LogP contribution >= 0.6 is 0 Å². The third-order valence-corrected chi connectivity index (χ3v) is 2.81. The number of ether oxygens (including phenoxy) is 1. The summed E-state index contributed by atoms with van der Waals surface area (Å²) >= 11 is 0. The van der Waals surface area contributed by atoms with E-state index in [1.165, 1.54) is 0 Å². The van der Waals surface area contributed by atoms with Gasteiger partial charge in [-0.05, 0) is 37.6 Å². The molecule has 21 heavy (non-hydrogen) atoms. The smallest absolute Gasteiger partial charge is 0.168 e. The molecule has 1 aromatic carbocycles. The monoisotopic (exact) mass is 282 g/mol. The molecule has 2 aromatic rings. The van der Waals surface area contributed by atoms with Gasteiger partial charge < -0.3 is 10.1 Å². The van der Waals surface area contributed by atoms with Gasteiger partial charge in [0.1, 0.15) is 18.2 Å². The average Bonchev–Trinajstić information content (AvgIpc) is 2.51. The first-order chi connectivity index (χ1) is 10.2. The molecule has 0 fully saturated rings. The molecule has 0 unspecified atom stereocenters. The zero-order chi connectivity index (χ0) is 15.1. The summed E-state index contributed by atoms with van der Waals surface area (Å²) in [5.41, 5.74) is 1.52. The number of nitrogens with one attached hydrogen (secondary N) is 1. The van der Waals surface area contributed by atoms with Gasteiger partial charge in [0, 0.05) is 18.3 Å². The second-order valence-corrected chi connectivity index (χ2v) is 4.66. The Morgan fingerprint density at radius 2 is 2.00 bits per heavy atom. The number of nitriles is 1. The number of anilines is 1. The SMILES string of the molecule is CCCNc1cc(C)nc(COc2ccc(C#N)cc2)n1. The minimum Gasteiger partial charge on any atom is -0.486 e. The predicted octanol–water partition coefficient (Wildman–Crippen LogP) is 3.06. The number of hydrogen-bond acceptors (Lipinski definition) is 5. The van der Waals surface area contributed by atoms with Crippen molar-refractivity contribution in [1.82, 2.24) is 9.97 Å². The van der Waals surface area contributed by atoms with Gasteiger partial charge in [-0.2, -0.15) is 5.26 Å². The summed E-state index contributed by atoms with van der Waals surface area (Å²) in [4.78, 5) is 8.78. The molecular weight excluding hydrogens is 264 g/mol. The minimum absolute atomic E-state index is 0.300. The fraction of sp³-hybridized carbons (Fsp3) is 0.312. The lowest BCUT2D eigenvalue weighted by atomic mass is 10.2. The van der Waals surface area contributed by atoms with Gasteiger partial charge >= 0.3 is 0 Å². The highest BCUT2D eigenvalue weighted by Gasteiger charge is 2.03. The van der Waals surface area contributed by atoms with Crippen LogP contribution in [-0.2, 0) is 6.61 Å². The number of aromatic nitrogens is 2. The van der Waals surface area contributed by atoms with Crippen LogP contribution in [0.1, 0.15) is 30.4 Å². The number of benzene rings is 1. The summed E-state index contributed by atoms with van der Waals surface area (Å²) in [6, 6.07) is 11.0. The Morgan fingerprint density at radius 3 is 2.67 bits per heavy atom. The van der Waals surface area contributed by atoms with Crippen molar-refractivity contribution in [2.24, 2.45) is 0 Å². The molecule has 108 valence electrons. The summed E-state index contributed by atoms with van der Waals surface area (Å²) in [6.07, 6.45) is 1.04. The van der Waals surface area contributed by atoms with E-state index in [1.54, 1.807) is 24.3 Å². The molecule has 0 saturated carbocycles. The molecule has 5 nitrogen and oxygen atoms in total. The maximum atomic E-state index is 8.75. The Balaban J connectivity index is 2.01. The lowest BCUT2D eigenvalue weighted by Gasteiger charge is -2.09. The molecule has 1 heterocycles. The van der Waals surface area contributed by atoms with Gasteiger partial charge in [-0.3, -0.25) is 0 Å². The van der Waals surface area contributed by atoms with Crippen molar-refractivity contribution in [2.75, 3.05) is 11.9 Å². The summed E-state index contributed by atoms with van der Waals surface area (Å²) in [6.45, 7) is 5.22. The quantitative estimate of drug-likeness (QED) is 0.881. The molecule has 0 bridgehead atoms. The van der Waals surface area contributed by atoms with Gasteiger partial charge in [0.15, 0.2) is 5.82 Å². The molecule has 1 N–H and O–H groups in total. The molecular formula is C16H18N4O. The van der Waals surface area contributed by atoms with Crippen molar-refractivity contribution in [3.05, 3.63) is 47.4 Å². The van der Waals surface area contributed by atoms with Crippen LogP contribution in [-0.4, -0.2) is 16.5 Å². The highest BCUT2D eigenvalue weighted by atomic mass is 16.5. The van der Waals surface area contributed by atoms with Crippen molar-refractivity contribution in [3.63, 3.8) is 0 Å². The van der Waals surface area contributed by atoms with Crippen LogP contribution in [0.5, 0.6) is 5.75 Å². The van der Waals surface area contributed by atoms with E-state index in [2.05, 4.69) is 28.3 Å². The third-order valence-electron chi connectivity index (χ3n) is 2.81. The van der Waals surface area contributed by atoms with Crippen LogP contribution in [0, 0.1) is 18.3 Å². The largest absolute Gasteiger partial charge is 0.486 e. The van der Waals surface area contributed by atoms with Crippen molar-refractivity contribution in [3.8, 4) is 11.8 Å². The molecule has 0 radical (unpaired) electrons. The van der Waals surface area contributed by atoms with Crippen LogP contribution in [0.15, 0.2) is 30.3 Å². The fourth-order valence-electron chi connectivity index (χ4n) is 1.81. The second-order valence-electron chi connectivity index (χ2n) is 4.66. The standard InChI is InChI=1S/C16H18N4O/c1-3-8-18-15-9-12(2)19-16(20-15)11-21-14-6-4-13(10-17)5-7-14/h4-7,9H,3,8,11H2,1-2H3,(H,18,19,20). The molecule has 0 amide bonds. The number of hydrogen-bond donors (Lipinski definition) is 1. The topological polar surface area (TPSA) is 70.8 Å². The summed E-state index contributed by atoms with van der Waals surface area (Å²) in [5.74, 6) is 2.16. The van der Waals surface area contributed by atoms with E-state index in [0.29, 0.717) is 23.7 Å². The Kier molecular flexibility index (Phi) is 5.10. The molecule has 0 atom stereocenters. The van der Waals surface area contributed by atoms with Crippen LogP contribution in [0.2, 0.25) is 0 Å². The maximum absolute atomic E-state index is 8.75. The summed E-state index contributed by atoms with van der Waals surface area (Å²) < 4.78 is 5.64. The van der Waals surface area contributed by atoms with Crippen LogP contribution in [0.4, 0.5) is 5.82 Å². The lowest BCUT2D eigenvalue weighted by molar-refractivity contribution is 0.295. The van der Waals surface area contributed by atoms with Crippen molar-refractivity contribution in [1.29, 1.82) is 5.26 Å². The van der Waals surface area contributed by atoms with Gasteiger partial charge in [-0.15, -0.1) is 0 Å². The zero-order valence-electron chi connectivity index (χ0n) is 12.3. The average molecular weight is 282 g/mol. The Hall–Kier alpha value is -2.61. The normalized spacial score (nSPS) is 9.95. The third kappa shape index (κ3) is 4.46. The van der Waals surface area contributed by atoms with Crippen LogP contribution in [0.3, 0.4) is 0 Å². The zero-order valence-corrected chi connectivity index (χ0v) is 12.3. The van der Waals surface area contributed by atoms with Gasteiger partial charge in [0.05, 0.1) is 11.6 Å². The van der Waals surface area contributed by atoms with Crippen molar-refractivity contribution < 1.29 is 4.74 Å². The van der Waals surface area contributed by atoms with Gasteiger partial charge in [-0.25, -0.2) is 9.97 Å². The van der Waals surface area contributed by atoms with Gasteiger partial charge in [-0.1, -0.05) is 6.92 Å². The molecule has 0 aliphatic rings. The first-order valence-electron chi connectivity index (χ1n) is 6.92. The Labute approximate surface area is 124 Å². The van der Waals surface area contributed by atoms with Crippen LogP contribution in [0.25, 0.3) is 0 Å². The molecule has 2 rings (SSSR count). The van der Waals surface area contributed by atoms with E-state index in [0.717, 1.165) is 24.5 Å². The molecule has 0 aliphatic carbocycles. The van der Waals surface area contributed by atoms with Crippen molar-refractivity contribution >= 4 is 5.82 Å². The van der Waals surface area contributed by atoms with Gasteiger partial charge in [0.25, 0.3) is 0 Å². The van der Waals surface area contributed by atoms with E-state index in [1.807, 2.05) is 13.0 Å². The van der Waals surface area contributed by atoms with E-state index < -0.39 is 0 Å². The van der Waals surface area contributed by atoms with Gasteiger partial charge in [0.2, 0.25) is 0 Å². The minimum atomic E-state index is 0.300. The summed E-state index contributed by atoms with van der Waals surface area (Å²) in [7, 11) is 0. The number of aryl methyl sites for hydroxylation is 1.